The van der Waals surface area contributed by atoms with Gasteiger partial charge in [-0.1, -0.05) is 45.7 Å². The Morgan fingerprint density at radius 3 is 2.52 bits per heavy atom. The zero-order valence-corrected chi connectivity index (χ0v) is 18.3. The van der Waals surface area contributed by atoms with E-state index in [1.165, 1.54) is 0 Å². The highest BCUT2D eigenvalue weighted by Crippen LogP contribution is 2.26. The Balaban J connectivity index is 1.66. The summed E-state index contributed by atoms with van der Waals surface area (Å²) in [5.74, 6) is 0.463. The number of carbonyl (C=O) groups is 1. The molecule has 4 nitrogen and oxygen atoms in total. The normalized spacial score (nSPS) is 10.4. The van der Waals surface area contributed by atoms with E-state index in [-0.39, 0.29) is 5.97 Å². The molecule has 0 amide bonds. The Labute approximate surface area is 183 Å². The van der Waals surface area contributed by atoms with Crippen LogP contribution in [-0.2, 0) is 17.9 Å². The number of hydrogen-bond donors (Lipinski definition) is 1. The molecular weight excluding hydrogens is 454 g/mol. The molecule has 3 rings (SSSR count). The summed E-state index contributed by atoms with van der Waals surface area (Å²) in [5.41, 5.74) is 3.37. The maximum atomic E-state index is 11.8. The number of anilines is 1. The molecule has 0 aromatic heterocycles. The molecule has 0 aliphatic carbocycles. The average molecular weight is 475 g/mol. The Morgan fingerprint density at radius 2 is 1.79 bits per heavy atom. The lowest BCUT2D eigenvalue weighted by molar-refractivity contribution is 0.0526. The van der Waals surface area contributed by atoms with Gasteiger partial charge in [-0.2, -0.15) is 0 Å². The molecule has 0 unspecified atom stereocenters. The van der Waals surface area contributed by atoms with E-state index in [4.69, 9.17) is 21.1 Å². The van der Waals surface area contributed by atoms with Gasteiger partial charge in [0.1, 0.15) is 12.4 Å². The summed E-state index contributed by atoms with van der Waals surface area (Å²) < 4.78 is 12.0. The lowest BCUT2D eigenvalue weighted by Gasteiger charge is -2.14. The molecule has 0 spiro atoms. The van der Waals surface area contributed by atoms with E-state index in [0.29, 0.717) is 30.3 Å². The van der Waals surface area contributed by atoms with Gasteiger partial charge in [0.05, 0.1) is 12.2 Å². The van der Waals surface area contributed by atoms with Crippen LogP contribution in [0.1, 0.15) is 28.4 Å². The van der Waals surface area contributed by atoms with Crippen molar-refractivity contribution in [2.24, 2.45) is 0 Å². The summed E-state index contributed by atoms with van der Waals surface area (Å²) in [4.78, 5) is 11.8. The van der Waals surface area contributed by atoms with Crippen molar-refractivity contribution >= 4 is 39.2 Å². The van der Waals surface area contributed by atoms with Crippen LogP contribution in [0.4, 0.5) is 5.69 Å². The van der Waals surface area contributed by atoms with E-state index in [9.17, 15) is 4.79 Å². The lowest BCUT2D eigenvalue weighted by Crippen LogP contribution is -2.06. The van der Waals surface area contributed by atoms with Gasteiger partial charge in [-0.05, 0) is 55.5 Å². The van der Waals surface area contributed by atoms with Crippen LogP contribution >= 0.6 is 27.5 Å². The first-order valence-electron chi connectivity index (χ1n) is 9.22. The monoisotopic (exact) mass is 473 g/mol. The molecule has 0 saturated carbocycles. The van der Waals surface area contributed by atoms with Crippen LogP contribution in [0.5, 0.6) is 5.75 Å². The van der Waals surface area contributed by atoms with E-state index in [1.54, 1.807) is 19.1 Å². The highest BCUT2D eigenvalue weighted by atomic mass is 79.9. The Bertz CT molecular complexity index is 976. The largest absolute Gasteiger partial charge is 0.488 e. The first-order valence-corrected chi connectivity index (χ1v) is 10.4. The third kappa shape index (κ3) is 5.99. The number of nitrogens with one attached hydrogen (secondary N) is 1. The fraction of sp³-hybridized carbons (Fsp3) is 0.174. The molecule has 0 atom stereocenters. The summed E-state index contributed by atoms with van der Waals surface area (Å²) in [6.45, 7) is 3.11. The van der Waals surface area contributed by atoms with Crippen LogP contribution in [0.3, 0.4) is 0 Å². The minimum atomic E-state index is -0.318. The summed E-state index contributed by atoms with van der Waals surface area (Å²) in [7, 11) is 0. The number of carbonyl (C=O) groups excluding carboxylic acids is 1. The summed E-state index contributed by atoms with van der Waals surface area (Å²) in [5, 5.41) is 4.04. The number of esters is 1. The van der Waals surface area contributed by atoms with Crippen LogP contribution in [0.15, 0.2) is 71.2 Å². The number of hydrogen-bond acceptors (Lipinski definition) is 4. The van der Waals surface area contributed by atoms with Crippen LogP contribution in [0, 0.1) is 0 Å². The van der Waals surface area contributed by atoms with E-state index in [1.807, 2.05) is 54.6 Å². The van der Waals surface area contributed by atoms with Crippen molar-refractivity contribution in [3.05, 3.63) is 92.9 Å². The first-order chi connectivity index (χ1) is 14.1. The third-order valence-electron chi connectivity index (χ3n) is 4.24. The van der Waals surface area contributed by atoms with E-state index < -0.39 is 0 Å². The smallest absolute Gasteiger partial charge is 0.338 e. The molecule has 3 aromatic carbocycles. The van der Waals surface area contributed by atoms with Gasteiger partial charge in [0, 0.05) is 32.9 Å². The number of halogens is 2. The minimum absolute atomic E-state index is 0.318. The van der Waals surface area contributed by atoms with Gasteiger partial charge in [-0.25, -0.2) is 4.79 Å². The topological polar surface area (TPSA) is 47.6 Å². The van der Waals surface area contributed by atoms with Crippen molar-refractivity contribution in [2.45, 2.75) is 20.1 Å². The van der Waals surface area contributed by atoms with Crippen molar-refractivity contribution in [3.63, 3.8) is 0 Å². The average Bonchev–Trinajstić information content (AvgIpc) is 2.73. The fourth-order valence-electron chi connectivity index (χ4n) is 2.73. The number of benzene rings is 3. The summed E-state index contributed by atoms with van der Waals surface area (Å²) in [6, 6.07) is 20.7. The number of rotatable bonds is 8. The molecule has 0 bridgehead atoms. The second kappa shape index (κ2) is 10.3. The van der Waals surface area contributed by atoms with Crippen molar-refractivity contribution in [1.29, 1.82) is 0 Å². The Kier molecular flexibility index (Phi) is 7.55. The van der Waals surface area contributed by atoms with Crippen LogP contribution < -0.4 is 10.1 Å². The van der Waals surface area contributed by atoms with Crippen LogP contribution in [-0.4, -0.2) is 12.6 Å². The summed E-state index contributed by atoms with van der Waals surface area (Å²) in [6.07, 6.45) is 0. The zero-order chi connectivity index (χ0) is 20.6. The van der Waals surface area contributed by atoms with Gasteiger partial charge in [0.25, 0.3) is 0 Å². The Morgan fingerprint density at radius 1 is 1.03 bits per heavy atom. The van der Waals surface area contributed by atoms with E-state index in [0.717, 1.165) is 27.0 Å². The molecule has 29 heavy (non-hydrogen) atoms. The van der Waals surface area contributed by atoms with Gasteiger partial charge in [-0.15, -0.1) is 0 Å². The summed E-state index contributed by atoms with van der Waals surface area (Å²) >= 11 is 9.73. The predicted octanol–water partition coefficient (Wildman–Crippen LogP) is 6.47. The molecule has 150 valence electrons. The zero-order valence-electron chi connectivity index (χ0n) is 16.0. The molecule has 1 N–H and O–H groups in total. The molecule has 6 heteroatoms. The molecule has 0 aliphatic heterocycles. The van der Waals surface area contributed by atoms with Gasteiger partial charge in [0.15, 0.2) is 0 Å². The van der Waals surface area contributed by atoms with Gasteiger partial charge < -0.3 is 14.8 Å². The molecule has 0 radical (unpaired) electrons. The molecule has 0 fully saturated rings. The van der Waals surface area contributed by atoms with E-state index in [2.05, 4.69) is 21.2 Å². The van der Waals surface area contributed by atoms with Crippen molar-refractivity contribution in [1.82, 2.24) is 0 Å². The predicted molar refractivity (Wildman–Crippen MR) is 120 cm³/mol. The van der Waals surface area contributed by atoms with Crippen molar-refractivity contribution < 1.29 is 14.3 Å². The maximum Gasteiger partial charge on any atom is 0.338 e. The molecule has 0 aliphatic rings. The molecular formula is C23H21BrClNO3. The standard InChI is InChI=1S/C23H21BrClNO3/c1-2-28-23(27)16-7-10-20(11-8-16)26-14-18-13-19(24)9-12-22(18)29-15-17-5-3-4-6-21(17)25/h3-13,26H,2,14-15H2,1H3. The van der Waals surface area contributed by atoms with Gasteiger partial charge in [-0.3, -0.25) is 0 Å². The second-order valence-corrected chi connectivity index (χ2v) is 7.61. The fourth-order valence-corrected chi connectivity index (χ4v) is 3.33. The highest BCUT2D eigenvalue weighted by Gasteiger charge is 2.08. The van der Waals surface area contributed by atoms with Gasteiger partial charge in [0.2, 0.25) is 0 Å². The SMILES string of the molecule is CCOC(=O)c1ccc(NCc2cc(Br)ccc2OCc2ccccc2Cl)cc1. The molecule has 3 aromatic rings. The second-order valence-electron chi connectivity index (χ2n) is 6.28. The van der Waals surface area contributed by atoms with E-state index >= 15 is 0 Å². The van der Waals surface area contributed by atoms with Crippen molar-refractivity contribution in [2.75, 3.05) is 11.9 Å². The third-order valence-corrected chi connectivity index (χ3v) is 5.10. The molecule has 0 heterocycles. The molecule has 0 saturated heterocycles. The quantitative estimate of drug-likeness (QED) is 0.380. The van der Waals surface area contributed by atoms with Crippen LogP contribution in [0.25, 0.3) is 0 Å². The van der Waals surface area contributed by atoms with Crippen LogP contribution in [0.2, 0.25) is 5.02 Å². The first kappa shape index (κ1) is 21.2. The van der Waals surface area contributed by atoms with Gasteiger partial charge >= 0.3 is 5.97 Å². The lowest BCUT2D eigenvalue weighted by atomic mass is 10.1. The minimum Gasteiger partial charge on any atom is -0.488 e. The highest BCUT2D eigenvalue weighted by molar-refractivity contribution is 9.10. The van der Waals surface area contributed by atoms with Crippen molar-refractivity contribution in [3.8, 4) is 5.75 Å². The maximum absolute atomic E-state index is 11.8. The Hall–Kier alpha value is -2.50. The number of ether oxygens (including phenoxy) is 2.